The summed E-state index contributed by atoms with van der Waals surface area (Å²) in [5.74, 6) is 2.65. The molecule has 2 aromatic rings. The summed E-state index contributed by atoms with van der Waals surface area (Å²) in [4.78, 5) is 12.6. The lowest BCUT2D eigenvalue weighted by atomic mass is 9.99. The van der Waals surface area contributed by atoms with Gasteiger partial charge in [0.2, 0.25) is 5.95 Å². The first-order valence-electron chi connectivity index (χ1n) is 6.46. The summed E-state index contributed by atoms with van der Waals surface area (Å²) in [6, 6.07) is 2.13. The van der Waals surface area contributed by atoms with Crippen molar-refractivity contribution < 1.29 is 0 Å². The van der Waals surface area contributed by atoms with Crippen molar-refractivity contribution in [2.45, 2.75) is 19.8 Å². The number of anilines is 2. The Kier molecular flexibility index (Phi) is 3.07. The summed E-state index contributed by atoms with van der Waals surface area (Å²) in [6.07, 6.45) is 2.51. The smallest absolute Gasteiger partial charge is 0.225 e. The van der Waals surface area contributed by atoms with Crippen LogP contribution in [0.4, 0.5) is 11.8 Å². The van der Waals surface area contributed by atoms with Gasteiger partial charge in [-0.25, -0.2) is 4.98 Å². The van der Waals surface area contributed by atoms with Crippen molar-refractivity contribution in [3.8, 4) is 0 Å². The Bertz CT molecular complexity index is 543. The number of nitrogens with zero attached hydrogens (tertiary/aromatic N) is 3. The van der Waals surface area contributed by atoms with Crippen molar-refractivity contribution >= 4 is 33.3 Å². The van der Waals surface area contributed by atoms with Gasteiger partial charge in [0.1, 0.15) is 10.6 Å². The summed E-state index contributed by atoms with van der Waals surface area (Å²) < 4.78 is 0. The first-order chi connectivity index (χ1) is 8.78. The van der Waals surface area contributed by atoms with Gasteiger partial charge in [-0.15, -0.1) is 11.3 Å². The van der Waals surface area contributed by atoms with Gasteiger partial charge in [-0.2, -0.15) is 4.98 Å². The summed E-state index contributed by atoms with van der Waals surface area (Å²) in [7, 11) is 1.87. The maximum absolute atomic E-state index is 4.65. The number of piperidine rings is 1. The SMILES string of the molecule is CNc1nc(N2CCC(C)CC2)c2ccsc2n1. The average molecular weight is 262 g/mol. The van der Waals surface area contributed by atoms with Crippen LogP contribution in [0, 0.1) is 5.92 Å². The van der Waals surface area contributed by atoms with Gasteiger partial charge in [0, 0.05) is 20.1 Å². The fraction of sp³-hybridized carbons (Fsp3) is 0.538. The van der Waals surface area contributed by atoms with Gasteiger partial charge in [0.15, 0.2) is 0 Å². The van der Waals surface area contributed by atoms with Crippen LogP contribution >= 0.6 is 11.3 Å². The molecule has 0 unspecified atom stereocenters. The average Bonchev–Trinajstić information content (AvgIpc) is 2.86. The number of aromatic nitrogens is 2. The van der Waals surface area contributed by atoms with Crippen LogP contribution in [-0.2, 0) is 0 Å². The molecule has 0 bridgehead atoms. The van der Waals surface area contributed by atoms with E-state index in [1.165, 1.54) is 18.2 Å². The molecule has 0 atom stereocenters. The van der Waals surface area contributed by atoms with E-state index in [1.54, 1.807) is 11.3 Å². The zero-order valence-corrected chi connectivity index (χ0v) is 11.6. The second kappa shape index (κ2) is 4.72. The summed E-state index contributed by atoms with van der Waals surface area (Å²) in [5, 5.41) is 6.34. The molecule has 0 saturated carbocycles. The van der Waals surface area contributed by atoms with E-state index in [0.29, 0.717) is 0 Å². The van der Waals surface area contributed by atoms with E-state index >= 15 is 0 Å². The van der Waals surface area contributed by atoms with E-state index in [9.17, 15) is 0 Å². The number of rotatable bonds is 2. The van der Waals surface area contributed by atoms with Crippen LogP contribution in [0.25, 0.3) is 10.2 Å². The third kappa shape index (κ3) is 2.03. The minimum atomic E-state index is 0.721. The second-order valence-corrected chi connectivity index (χ2v) is 5.82. The molecule has 2 aromatic heterocycles. The van der Waals surface area contributed by atoms with Crippen LogP contribution in [0.2, 0.25) is 0 Å². The van der Waals surface area contributed by atoms with Gasteiger partial charge in [-0.3, -0.25) is 0 Å². The molecule has 3 rings (SSSR count). The van der Waals surface area contributed by atoms with E-state index in [-0.39, 0.29) is 0 Å². The van der Waals surface area contributed by atoms with Gasteiger partial charge in [-0.05, 0) is 30.2 Å². The third-order valence-corrected chi connectivity index (χ3v) is 4.42. The Labute approximate surface area is 111 Å². The Morgan fingerprint density at radius 3 is 2.83 bits per heavy atom. The largest absolute Gasteiger partial charge is 0.357 e. The van der Waals surface area contributed by atoms with Crippen LogP contribution < -0.4 is 10.2 Å². The highest BCUT2D eigenvalue weighted by Crippen LogP contribution is 2.31. The zero-order chi connectivity index (χ0) is 12.5. The highest BCUT2D eigenvalue weighted by molar-refractivity contribution is 7.16. The molecule has 1 fully saturated rings. The molecule has 0 radical (unpaired) electrons. The Hall–Kier alpha value is -1.36. The number of fused-ring (bicyclic) bond motifs is 1. The van der Waals surface area contributed by atoms with E-state index in [4.69, 9.17) is 0 Å². The molecule has 1 saturated heterocycles. The molecule has 3 heterocycles. The molecule has 0 spiro atoms. The fourth-order valence-corrected chi connectivity index (χ4v) is 3.17. The minimum absolute atomic E-state index is 0.721. The van der Waals surface area contributed by atoms with E-state index in [1.807, 2.05) is 7.05 Å². The summed E-state index contributed by atoms with van der Waals surface area (Å²) in [6.45, 7) is 4.54. The van der Waals surface area contributed by atoms with Gasteiger partial charge in [0.25, 0.3) is 0 Å². The molecule has 1 N–H and O–H groups in total. The lowest BCUT2D eigenvalue weighted by molar-refractivity contribution is 0.437. The summed E-state index contributed by atoms with van der Waals surface area (Å²) >= 11 is 1.68. The quantitative estimate of drug-likeness (QED) is 0.903. The molecule has 0 aliphatic carbocycles. The topological polar surface area (TPSA) is 41.1 Å². The predicted octanol–water partition coefficient (Wildman–Crippen LogP) is 2.97. The molecular weight excluding hydrogens is 244 g/mol. The second-order valence-electron chi connectivity index (χ2n) is 4.93. The van der Waals surface area contributed by atoms with Gasteiger partial charge >= 0.3 is 0 Å². The van der Waals surface area contributed by atoms with Crippen molar-refractivity contribution in [3.05, 3.63) is 11.4 Å². The molecular formula is C13H18N4S. The first kappa shape index (κ1) is 11.7. The molecule has 4 nitrogen and oxygen atoms in total. The first-order valence-corrected chi connectivity index (χ1v) is 7.34. The maximum atomic E-state index is 4.65. The number of thiophene rings is 1. The zero-order valence-electron chi connectivity index (χ0n) is 10.8. The fourth-order valence-electron chi connectivity index (χ4n) is 2.41. The van der Waals surface area contributed by atoms with Crippen molar-refractivity contribution in [1.82, 2.24) is 9.97 Å². The molecule has 96 valence electrons. The molecule has 0 amide bonds. The van der Waals surface area contributed by atoms with Crippen molar-refractivity contribution in [2.24, 2.45) is 5.92 Å². The Balaban J connectivity index is 2.01. The van der Waals surface area contributed by atoms with Gasteiger partial charge in [0.05, 0.1) is 5.39 Å². The van der Waals surface area contributed by atoms with E-state index in [2.05, 4.69) is 38.6 Å². The number of hydrogen-bond donors (Lipinski definition) is 1. The lowest BCUT2D eigenvalue weighted by Gasteiger charge is -2.31. The van der Waals surface area contributed by atoms with Crippen molar-refractivity contribution in [2.75, 3.05) is 30.4 Å². The highest BCUT2D eigenvalue weighted by atomic mass is 32.1. The Morgan fingerprint density at radius 1 is 1.33 bits per heavy atom. The van der Waals surface area contributed by atoms with Crippen molar-refractivity contribution in [3.63, 3.8) is 0 Å². The molecule has 0 aromatic carbocycles. The minimum Gasteiger partial charge on any atom is -0.357 e. The molecule has 5 heteroatoms. The standard InChI is InChI=1S/C13H18N4S/c1-9-3-6-17(7-4-9)11-10-5-8-18-12(10)16-13(14-2)15-11/h5,8-9H,3-4,6-7H2,1-2H3,(H,14,15,16). The lowest BCUT2D eigenvalue weighted by Crippen LogP contribution is -2.33. The molecule has 1 aliphatic heterocycles. The van der Waals surface area contributed by atoms with Crippen LogP contribution in [-0.4, -0.2) is 30.1 Å². The maximum Gasteiger partial charge on any atom is 0.225 e. The van der Waals surface area contributed by atoms with Crippen LogP contribution in [0.3, 0.4) is 0 Å². The number of hydrogen-bond acceptors (Lipinski definition) is 5. The van der Waals surface area contributed by atoms with Crippen LogP contribution in [0.15, 0.2) is 11.4 Å². The molecule has 1 aliphatic rings. The highest BCUT2D eigenvalue weighted by Gasteiger charge is 2.20. The van der Waals surface area contributed by atoms with E-state index in [0.717, 1.165) is 35.6 Å². The van der Waals surface area contributed by atoms with E-state index < -0.39 is 0 Å². The van der Waals surface area contributed by atoms with Crippen LogP contribution in [0.5, 0.6) is 0 Å². The summed E-state index contributed by atoms with van der Waals surface area (Å²) in [5.41, 5.74) is 0. The van der Waals surface area contributed by atoms with Crippen LogP contribution in [0.1, 0.15) is 19.8 Å². The third-order valence-electron chi connectivity index (χ3n) is 3.61. The van der Waals surface area contributed by atoms with Crippen molar-refractivity contribution in [1.29, 1.82) is 0 Å². The predicted molar refractivity (Wildman–Crippen MR) is 77.6 cm³/mol. The van der Waals surface area contributed by atoms with Gasteiger partial charge < -0.3 is 10.2 Å². The monoisotopic (exact) mass is 262 g/mol. The van der Waals surface area contributed by atoms with Gasteiger partial charge in [-0.1, -0.05) is 6.92 Å². The normalized spacial score (nSPS) is 17.3. The molecule has 18 heavy (non-hydrogen) atoms. The Morgan fingerprint density at radius 2 is 2.11 bits per heavy atom. The number of nitrogens with one attached hydrogen (secondary N) is 1.